The first-order valence-corrected chi connectivity index (χ1v) is 10.8. The topological polar surface area (TPSA) is 109 Å². The number of rotatable bonds is 6. The van der Waals surface area contributed by atoms with Crippen LogP contribution in [0.4, 0.5) is 17.2 Å². The van der Waals surface area contributed by atoms with Gasteiger partial charge in [0.1, 0.15) is 11.5 Å². The molecule has 35 heavy (non-hydrogen) atoms. The highest BCUT2D eigenvalue weighted by molar-refractivity contribution is 6.04. The number of phenols is 1. The number of carbonyl (C=O) groups excluding carboxylic acids is 1. The average Bonchev–Trinajstić information content (AvgIpc) is 2.90. The Morgan fingerprint density at radius 3 is 2.34 bits per heavy atom. The van der Waals surface area contributed by atoms with Gasteiger partial charge in [0.2, 0.25) is 0 Å². The summed E-state index contributed by atoms with van der Waals surface area (Å²) in [5, 5.41) is 17.1. The van der Waals surface area contributed by atoms with E-state index in [0.717, 1.165) is 5.69 Å². The summed E-state index contributed by atoms with van der Waals surface area (Å²) in [4.78, 5) is 26.0. The Morgan fingerprint density at radius 2 is 1.63 bits per heavy atom. The number of amides is 1. The van der Waals surface area contributed by atoms with Crippen LogP contribution in [-0.2, 0) is 0 Å². The second-order valence-electron chi connectivity index (χ2n) is 7.67. The summed E-state index contributed by atoms with van der Waals surface area (Å²) >= 11 is 0. The second-order valence-corrected chi connectivity index (χ2v) is 7.67. The summed E-state index contributed by atoms with van der Waals surface area (Å²) in [6, 6.07) is 25.0. The van der Waals surface area contributed by atoms with Gasteiger partial charge in [0.05, 0.1) is 12.6 Å². The number of ether oxygens (including phenoxy) is 1. The van der Waals surface area contributed by atoms with Crippen molar-refractivity contribution in [1.29, 1.82) is 0 Å². The minimum Gasteiger partial charge on any atom is -0.504 e. The van der Waals surface area contributed by atoms with Gasteiger partial charge < -0.3 is 20.5 Å². The molecular weight excluding hydrogens is 442 g/mol. The Morgan fingerprint density at radius 1 is 0.886 bits per heavy atom. The van der Waals surface area contributed by atoms with Crippen LogP contribution in [0.25, 0.3) is 22.4 Å². The zero-order valence-electron chi connectivity index (χ0n) is 18.8. The molecule has 172 valence electrons. The van der Waals surface area contributed by atoms with E-state index in [2.05, 4.69) is 20.6 Å². The highest BCUT2D eigenvalue weighted by Gasteiger charge is 2.14. The van der Waals surface area contributed by atoms with Gasteiger partial charge in [-0.2, -0.15) is 0 Å². The first-order valence-electron chi connectivity index (χ1n) is 10.8. The molecule has 0 spiro atoms. The SMILES string of the molecule is COc1cc2c(Nc3ccc(NC(=O)c4ccccc4)cc3)nc(-c3ccccn3)nc2cc1O. The van der Waals surface area contributed by atoms with Crippen molar-refractivity contribution in [2.75, 3.05) is 17.7 Å². The number of nitrogens with one attached hydrogen (secondary N) is 2. The van der Waals surface area contributed by atoms with Gasteiger partial charge in [-0.15, -0.1) is 0 Å². The molecule has 2 heterocycles. The Balaban J connectivity index is 1.47. The van der Waals surface area contributed by atoms with Gasteiger partial charge in [-0.1, -0.05) is 24.3 Å². The highest BCUT2D eigenvalue weighted by Crippen LogP contribution is 2.35. The van der Waals surface area contributed by atoms with E-state index in [0.29, 0.717) is 45.2 Å². The molecule has 0 bridgehead atoms. The quantitative estimate of drug-likeness (QED) is 0.309. The van der Waals surface area contributed by atoms with Crippen LogP contribution in [0.15, 0.2) is 91.1 Å². The number of benzene rings is 3. The van der Waals surface area contributed by atoms with Crippen molar-refractivity contribution in [3.8, 4) is 23.0 Å². The fourth-order valence-corrected chi connectivity index (χ4v) is 3.58. The third-order valence-corrected chi connectivity index (χ3v) is 5.33. The first-order chi connectivity index (χ1) is 17.1. The van der Waals surface area contributed by atoms with Crippen molar-refractivity contribution in [2.24, 2.45) is 0 Å². The number of carbonyl (C=O) groups is 1. The maximum atomic E-state index is 12.4. The molecule has 3 N–H and O–H groups in total. The number of hydrogen-bond acceptors (Lipinski definition) is 7. The fourth-order valence-electron chi connectivity index (χ4n) is 3.58. The summed E-state index contributed by atoms with van der Waals surface area (Å²) in [6.07, 6.45) is 1.67. The van der Waals surface area contributed by atoms with E-state index in [-0.39, 0.29) is 11.7 Å². The number of anilines is 3. The number of aromatic hydroxyl groups is 1. The molecule has 5 aromatic rings. The molecule has 3 aromatic carbocycles. The van der Waals surface area contributed by atoms with Crippen LogP contribution in [0.2, 0.25) is 0 Å². The number of pyridine rings is 1. The molecule has 0 atom stereocenters. The molecule has 0 aliphatic rings. The second kappa shape index (κ2) is 9.48. The molecule has 2 aromatic heterocycles. The molecular formula is C27H21N5O3. The number of nitrogens with zero attached hydrogens (tertiary/aromatic N) is 3. The van der Waals surface area contributed by atoms with E-state index >= 15 is 0 Å². The van der Waals surface area contributed by atoms with E-state index in [4.69, 9.17) is 9.72 Å². The molecule has 0 aliphatic heterocycles. The predicted octanol–water partition coefficient (Wildman–Crippen LogP) is 5.40. The van der Waals surface area contributed by atoms with Crippen LogP contribution in [0, 0.1) is 0 Å². The van der Waals surface area contributed by atoms with E-state index in [1.807, 2.05) is 48.5 Å². The number of hydrogen-bond donors (Lipinski definition) is 3. The summed E-state index contributed by atoms with van der Waals surface area (Å²) in [5.74, 6) is 1.05. The summed E-state index contributed by atoms with van der Waals surface area (Å²) < 4.78 is 5.28. The Bertz CT molecular complexity index is 1490. The number of fused-ring (bicyclic) bond motifs is 1. The van der Waals surface area contributed by atoms with E-state index in [9.17, 15) is 9.90 Å². The monoisotopic (exact) mass is 463 g/mol. The Kier molecular flexibility index (Phi) is 5.92. The summed E-state index contributed by atoms with van der Waals surface area (Å²) in [7, 11) is 1.49. The normalized spacial score (nSPS) is 10.7. The standard InChI is InChI=1S/C27H21N5O3/c1-35-24-15-20-22(16-23(24)33)31-26(21-9-5-6-14-28-21)32-25(20)29-18-10-12-19(13-11-18)30-27(34)17-7-3-2-4-8-17/h2-16,33H,1H3,(H,30,34)(H,29,31,32). The maximum Gasteiger partial charge on any atom is 0.255 e. The number of phenolic OH excluding ortho intramolecular Hbond substituents is 1. The fraction of sp³-hybridized carbons (Fsp3) is 0.0370. The third-order valence-electron chi connectivity index (χ3n) is 5.33. The van der Waals surface area contributed by atoms with Crippen molar-refractivity contribution in [3.63, 3.8) is 0 Å². The minimum absolute atomic E-state index is 0.0184. The lowest BCUT2D eigenvalue weighted by Crippen LogP contribution is -2.11. The maximum absolute atomic E-state index is 12.4. The Hall–Kier alpha value is -4.98. The molecule has 0 radical (unpaired) electrons. The lowest BCUT2D eigenvalue weighted by Gasteiger charge is -2.13. The third kappa shape index (κ3) is 4.72. The zero-order valence-corrected chi connectivity index (χ0v) is 18.8. The van der Waals surface area contributed by atoms with Crippen LogP contribution in [0.1, 0.15) is 10.4 Å². The van der Waals surface area contributed by atoms with Crippen molar-refractivity contribution >= 4 is 34.0 Å². The van der Waals surface area contributed by atoms with E-state index in [1.165, 1.54) is 13.2 Å². The molecule has 1 amide bonds. The smallest absolute Gasteiger partial charge is 0.255 e. The van der Waals surface area contributed by atoms with Gasteiger partial charge in [-0.05, 0) is 54.6 Å². The van der Waals surface area contributed by atoms with Crippen LogP contribution >= 0.6 is 0 Å². The number of methoxy groups -OCH3 is 1. The van der Waals surface area contributed by atoms with Crippen LogP contribution in [-0.4, -0.2) is 33.1 Å². The predicted molar refractivity (Wildman–Crippen MR) is 135 cm³/mol. The molecule has 8 nitrogen and oxygen atoms in total. The molecule has 0 aliphatic carbocycles. The molecule has 5 rings (SSSR count). The Labute approximate surface area is 201 Å². The van der Waals surface area contributed by atoms with Crippen LogP contribution in [0.5, 0.6) is 11.5 Å². The van der Waals surface area contributed by atoms with Crippen molar-refractivity contribution in [1.82, 2.24) is 15.0 Å². The average molecular weight is 463 g/mol. The van der Waals surface area contributed by atoms with Gasteiger partial charge in [0.25, 0.3) is 5.91 Å². The van der Waals surface area contributed by atoms with Crippen molar-refractivity contribution in [3.05, 3.63) is 96.7 Å². The molecule has 0 saturated carbocycles. The lowest BCUT2D eigenvalue weighted by molar-refractivity contribution is 0.102. The zero-order chi connectivity index (χ0) is 24.2. The number of aromatic nitrogens is 3. The lowest BCUT2D eigenvalue weighted by atomic mass is 10.2. The van der Waals surface area contributed by atoms with Gasteiger partial charge in [-0.25, -0.2) is 9.97 Å². The minimum atomic E-state index is -0.181. The molecule has 8 heteroatoms. The van der Waals surface area contributed by atoms with Gasteiger partial charge >= 0.3 is 0 Å². The van der Waals surface area contributed by atoms with Crippen molar-refractivity contribution < 1.29 is 14.6 Å². The van der Waals surface area contributed by atoms with Crippen molar-refractivity contribution in [2.45, 2.75) is 0 Å². The molecule has 0 fully saturated rings. The summed E-state index contributed by atoms with van der Waals surface area (Å²) in [5.41, 5.74) is 3.14. The van der Waals surface area contributed by atoms with E-state index < -0.39 is 0 Å². The van der Waals surface area contributed by atoms with Gasteiger partial charge in [0, 0.05) is 34.6 Å². The van der Waals surface area contributed by atoms with Gasteiger partial charge in [0.15, 0.2) is 17.3 Å². The first kappa shape index (κ1) is 21.8. The van der Waals surface area contributed by atoms with E-state index in [1.54, 1.807) is 36.5 Å². The molecule has 0 unspecified atom stereocenters. The molecule has 0 saturated heterocycles. The largest absolute Gasteiger partial charge is 0.504 e. The highest BCUT2D eigenvalue weighted by atomic mass is 16.5. The van der Waals surface area contributed by atoms with Crippen LogP contribution < -0.4 is 15.4 Å². The van der Waals surface area contributed by atoms with Crippen LogP contribution in [0.3, 0.4) is 0 Å². The summed E-state index contributed by atoms with van der Waals surface area (Å²) in [6.45, 7) is 0. The van der Waals surface area contributed by atoms with Gasteiger partial charge in [-0.3, -0.25) is 9.78 Å².